The van der Waals surface area contributed by atoms with E-state index in [2.05, 4.69) is 25.8 Å². The van der Waals surface area contributed by atoms with E-state index in [1.807, 2.05) is 0 Å². The highest BCUT2D eigenvalue weighted by Gasteiger charge is 2.63. The summed E-state index contributed by atoms with van der Waals surface area (Å²) in [4.78, 5) is 0. The molecule has 0 aliphatic heterocycles. The van der Waals surface area contributed by atoms with Crippen molar-refractivity contribution in [2.75, 3.05) is 0 Å². The summed E-state index contributed by atoms with van der Waals surface area (Å²) in [7, 11) is 0. The standard InChI is InChI=1S/C21H30O2/c1-4-21(23)12-9-18-16-6-5-14-13-15(22)7-10-19(14,2)17(16)8-11-20(18,21)3/h1,5,15-18,22-23H,6-13H2,2-3H3/t15-,16-,17+,18+,19-,20-,21-/m0/s1. The fourth-order valence-corrected chi connectivity index (χ4v) is 6.89. The van der Waals surface area contributed by atoms with Crippen LogP contribution in [0.15, 0.2) is 11.6 Å². The first kappa shape index (κ1) is 15.7. The van der Waals surface area contributed by atoms with Crippen molar-refractivity contribution in [2.45, 2.75) is 76.9 Å². The molecule has 0 bridgehead atoms. The summed E-state index contributed by atoms with van der Waals surface area (Å²) in [5.74, 6) is 4.65. The summed E-state index contributed by atoms with van der Waals surface area (Å²) in [5, 5.41) is 21.0. The summed E-state index contributed by atoms with van der Waals surface area (Å²) >= 11 is 0. The van der Waals surface area contributed by atoms with E-state index in [0.29, 0.717) is 17.8 Å². The number of terminal acetylenes is 1. The SMILES string of the molecule is C#C[C@]1(O)CC[C@@H]2[C@H]3CC=C4C[C@@H](O)CC[C@]4(C)[C@@H]3CC[C@@]21C. The number of aliphatic hydroxyl groups excluding tert-OH is 1. The van der Waals surface area contributed by atoms with E-state index in [4.69, 9.17) is 6.42 Å². The number of rotatable bonds is 0. The van der Waals surface area contributed by atoms with Crippen LogP contribution in [0.1, 0.15) is 65.2 Å². The normalized spacial score (nSPS) is 55.2. The number of hydrogen-bond acceptors (Lipinski definition) is 2. The summed E-state index contributed by atoms with van der Waals surface area (Å²) in [6, 6.07) is 0. The zero-order valence-electron chi connectivity index (χ0n) is 14.5. The molecule has 2 nitrogen and oxygen atoms in total. The molecule has 0 spiro atoms. The lowest BCUT2D eigenvalue weighted by Gasteiger charge is -2.58. The highest BCUT2D eigenvalue weighted by atomic mass is 16.3. The van der Waals surface area contributed by atoms with E-state index in [-0.39, 0.29) is 16.9 Å². The van der Waals surface area contributed by atoms with Gasteiger partial charge < -0.3 is 10.2 Å². The van der Waals surface area contributed by atoms with E-state index in [1.54, 1.807) is 0 Å². The molecule has 2 heteroatoms. The van der Waals surface area contributed by atoms with E-state index in [9.17, 15) is 10.2 Å². The summed E-state index contributed by atoms with van der Waals surface area (Å²) in [6.45, 7) is 4.68. The van der Waals surface area contributed by atoms with Crippen LogP contribution in [0.5, 0.6) is 0 Å². The van der Waals surface area contributed by atoms with Gasteiger partial charge in [0.15, 0.2) is 0 Å². The Morgan fingerprint density at radius 1 is 1.13 bits per heavy atom. The highest BCUT2D eigenvalue weighted by molar-refractivity contribution is 5.28. The number of aliphatic hydroxyl groups is 2. The van der Waals surface area contributed by atoms with Gasteiger partial charge in [0.2, 0.25) is 0 Å². The predicted molar refractivity (Wildman–Crippen MR) is 91.5 cm³/mol. The third kappa shape index (κ3) is 1.90. The number of allylic oxidation sites excluding steroid dienone is 1. The van der Waals surface area contributed by atoms with Crippen LogP contribution >= 0.6 is 0 Å². The predicted octanol–water partition coefficient (Wildman–Crippen LogP) is 3.67. The maximum Gasteiger partial charge on any atom is 0.130 e. The Balaban J connectivity index is 1.69. The Labute approximate surface area is 140 Å². The zero-order valence-corrected chi connectivity index (χ0v) is 14.5. The molecule has 2 N–H and O–H groups in total. The van der Waals surface area contributed by atoms with Crippen LogP contribution in [0.4, 0.5) is 0 Å². The van der Waals surface area contributed by atoms with Crippen molar-refractivity contribution in [2.24, 2.45) is 28.6 Å². The molecule has 126 valence electrons. The van der Waals surface area contributed by atoms with E-state index >= 15 is 0 Å². The van der Waals surface area contributed by atoms with E-state index in [0.717, 1.165) is 44.9 Å². The minimum absolute atomic E-state index is 0.112. The lowest BCUT2D eigenvalue weighted by molar-refractivity contribution is -0.0969. The van der Waals surface area contributed by atoms with Crippen molar-refractivity contribution < 1.29 is 10.2 Å². The molecule has 7 atom stereocenters. The van der Waals surface area contributed by atoms with Gasteiger partial charge in [0.25, 0.3) is 0 Å². The molecule has 4 aliphatic rings. The molecule has 4 aliphatic carbocycles. The second-order valence-corrected chi connectivity index (χ2v) is 9.16. The van der Waals surface area contributed by atoms with Gasteiger partial charge in [0.05, 0.1) is 6.10 Å². The largest absolute Gasteiger partial charge is 0.393 e. The van der Waals surface area contributed by atoms with Crippen molar-refractivity contribution >= 4 is 0 Å². The lowest BCUT2D eigenvalue weighted by atomic mass is 9.47. The average molecular weight is 314 g/mol. The Kier molecular flexibility index (Phi) is 3.33. The van der Waals surface area contributed by atoms with Crippen molar-refractivity contribution in [1.29, 1.82) is 0 Å². The first-order valence-corrected chi connectivity index (χ1v) is 9.42. The molecular weight excluding hydrogens is 284 g/mol. The van der Waals surface area contributed by atoms with Crippen LogP contribution in [0.2, 0.25) is 0 Å². The molecule has 0 aromatic heterocycles. The van der Waals surface area contributed by atoms with E-state index in [1.165, 1.54) is 12.0 Å². The Hall–Kier alpha value is -0.780. The molecule has 0 amide bonds. The minimum Gasteiger partial charge on any atom is -0.393 e. The second-order valence-electron chi connectivity index (χ2n) is 9.16. The van der Waals surface area contributed by atoms with Crippen molar-refractivity contribution in [3.05, 3.63) is 11.6 Å². The van der Waals surface area contributed by atoms with Crippen LogP contribution in [-0.2, 0) is 0 Å². The number of hydrogen-bond donors (Lipinski definition) is 2. The van der Waals surface area contributed by atoms with Crippen molar-refractivity contribution in [3.63, 3.8) is 0 Å². The molecule has 0 radical (unpaired) electrons. The van der Waals surface area contributed by atoms with Crippen LogP contribution in [0.3, 0.4) is 0 Å². The van der Waals surface area contributed by atoms with Gasteiger partial charge in [0, 0.05) is 5.41 Å². The molecular formula is C21H30O2. The smallest absolute Gasteiger partial charge is 0.130 e. The van der Waals surface area contributed by atoms with Gasteiger partial charge in [-0.25, -0.2) is 0 Å². The maximum absolute atomic E-state index is 11.0. The average Bonchev–Trinajstić information content (AvgIpc) is 2.80. The van der Waals surface area contributed by atoms with Gasteiger partial charge in [0.1, 0.15) is 5.60 Å². The van der Waals surface area contributed by atoms with Gasteiger partial charge in [-0.05, 0) is 74.5 Å². The van der Waals surface area contributed by atoms with Crippen LogP contribution in [0.25, 0.3) is 0 Å². The Morgan fingerprint density at radius 2 is 1.87 bits per heavy atom. The maximum atomic E-state index is 11.0. The van der Waals surface area contributed by atoms with Gasteiger partial charge >= 0.3 is 0 Å². The molecule has 0 saturated heterocycles. The van der Waals surface area contributed by atoms with Gasteiger partial charge in [-0.15, -0.1) is 6.42 Å². The molecule has 0 heterocycles. The summed E-state index contributed by atoms with van der Waals surface area (Å²) in [6.07, 6.45) is 16.1. The third-order valence-corrected chi connectivity index (χ3v) is 8.47. The van der Waals surface area contributed by atoms with Gasteiger partial charge in [-0.1, -0.05) is 31.4 Å². The fourth-order valence-electron chi connectivity index (χ4n) is 6.89. The second kappa shape index (κ2) is 4.87. The number of fused-ring (bicyclic) bond motifs is 5. The summed E-state index contributed by atoms with van der Waals surface area (Å²) < 4.78 is 0. The fraction of sp³-hybridized carbons (Fsp3) is 0.810. The molecule has 4 rings (SSSR count). The van der Waals surface area contributed by atoms with Gasteiger partial charge in [-0.3, -0.25) is 0 Å². The summed E-state index contributed by atoms with van der Waals surface area (Å²) in [5.41, 5.74) is 0.751. The topological polar surface area (TPSA) is 40.5 Å². The van der Waals surface area contributed by atoms with Crippen LogP contribution in [0, 0.1) is 40.9 Å². The Bertz CT molecular complexity index is 587. The van der Waals surface area contributed by atoms with Crippen molar-refractivity contribution in [1.82, 2.24) is 0 Å². The zero-order chi connectivity index (χ0) is 16.5. The quantitative estimate of drug-likeness (QED) is 0.529. The minimum atomic E-state index is -0.906. The third-order valence-electron chi connectivity index (χ3n) is 8.47. The van der Waals surface area contributed by atoms with Crippen LogP contribution < -0.4 is 0 Å². The highest BCUT2D eigenvalue weighted by Crippen LogP contribution is 2.66. The van der Waals surface area contributed by atoms with E-state index < -0.39 is 5.60 Å². The van der Waals surface area contributed by atoms with Gasteiger partial charge in [-0.2, -0.15) is 0 Å². The molecule has 0 unspecified atom stereocenters. The van der Waals surface area contributed by atoms with Crippen molar-refractivity contribution in [3.8, 4) is 12.3 Å². The molecule has 0 aromatic carbocycles. The monoisotopic (exact) mass is 314 g/mol. The first-order chi connectivity index (χ1) is 10.8. The lowest BCUT2D eigenvalue weighted by Crippen LogP contribution is -2.54. The molecule has 0 aromatic rings. The first-order valence-electron chi connectivity index (χ1n) is 9.42. The molecule has 23 heavy (non-hydrogen) atoms. The molecule has 3 saturated carbocycles. The van der Waals surface area contributed by atoms with Crippen LogP contribution in [-0.4, -0.2) is 21.9 Å². The Morgan fingerprint density at radius 3 is 2.61 bits per heavy atom. The molecule has 3 fully saturated rings.